The molecule has 0 fully saturated rings. The topological polar surface area (TPSA) is 52.6 Å². The second-order valence-electron chi connectivity index (χ2n) is 2.59. The van der Waals surface area contributed by atoms with Crippen LogP contribution in [-0.4, -0.2) is 42.9 Å². The Balaban J connectivity index is 4.01. The Morgan fingerprint density at radius 2 is 2.18 bits per heavy atom. The second kappa shape index (κ2) is 4.36. The Kier molecular flexibility index (Phi) is 4.14. The molecule has 0 saturated heterocycles. The molecular weight excluding hydrogens is 143 g/mol. The summed E-state index contributed by atoms with van der Waals surface area (Å²) < 4.78 is 0. The number of likely N-dealkylation sites (N-methyl/N-ethyl adjacent to an activating group) is 2. The molecule has 2 N–H and O–H groups in total. The lowest BCUT2D eigenvalue weighted by Crippen LogP contribution is -2.48. The summed E-state index contributed by atoms with van der Waals surface area (Å²) in [6.07, 6.45) is 0. The molecule has 0 radical (unpaired) electrons. The molecule has 0 heterocycles. The molecule has 0 bridgehead atoms. The maximum Gasteiger partial charge on any atom is 0.376 e. The van der Waals surface area contributed by atoms with Crippen molar-refractivity contribution in [1.29, 1.82) is 0 Å². The summed E-state index contributed by atoms with van der Waals surface area (Å²) in [5.74, 6) is -0.0894. The lowest BCUT2D eigenvalue weighted by atomic mass is 9.84. The summed E-state index contributed by atoms with van der Waals surface area (Å²) in [6, 6.07) is -0.292. The van der Waals surface area contributed by atoms with Gasteiger partial charge in [0.05, 0.1) is 6.04 Å². The standard InChI is InChI=1S/C6H15BN2O2/c1-5(6(10)8-3)9(4)7(2)11/h5,11H,1-4H3,(H,8,10)/t5-/m1/s1. The fourth-order valence-corrected chi connectivity index (χ4v) is 0.717. The van der Waals surface area contributed by atoms with Crippen LogP contribution in [0.1, 0.15) is 6.92 Å². The van der Waals surface area contributed by atoms with Gasteiger partial charge >= 0.3 is 7.05 Å². The van der Waals surface area contributed by atoms with Crippen LogP contribution >= 0.6 is 0 Å². The van der Waals surface area contributed by atoms with Crippen molar-refractivity contribution >= 4 is 13.0 Å². The highest BCUT2D eigenvalue weighted by molar-refractivity contribution is 6.45. The number of carbonyl (C=O) groups excluding carboxylic acids is 1. The van der Waals surface area contributed by atoms with Gasteiger partial charge in [-0.25, -0.2) is 0 Å². The molecule has 1 atom stereocenters. The van der Waals surface area contributed by atoms with Crippen LogP contribution in [0.15, 0.2) is 0 Å². The minimum atomic E-state index is -0.595. The molecule has 0 aromatic heterocycles. The van der Waals surface area contributed by atoms with Crippen LogP contribution in [0.2, 0.25) is 6.82 Å². The Morgan fingerprint density at radius 1 is 1.73 bits per heavy atom. The van der Waals surface area contributed by atoms with Gasteiger partial charge in [0, 0.05) is 7.05 Å². The van der Waals surface area contributed by atoms with E-state index in [4.69, 9.17) is 5.02 Å². The van der Waals surface area contributed by atoms with Gasteiger partial charge in [-0.15, -0.1) is 0 Å². The number of nitrogens with one attached hydrogen (secondary N) is 1. The van der Waals surface area contributed by atoms with Gasteiger partial charge < -0.3 is 15.2 Å². The van der Waals surface area contributed by atoms with Crippen molar-refractivity contribution in [2.45, 2.75) is 19.8 Å². The van der Waals surface area contributed by atoms with Crippen LogP contribution in [0.4, 0.5) is 0 Å². The van der Waals surface area contributed by atoms with E-state index in [0.29, 0.717) is 0 Å². The molecule has 0 unspecified atom stereocenters. The normalized spacial score (nSPS) is 12.9. The fourth-order valence-electron chi connectivity index (χ4n) is 0.717. The summed E-state index contributed by atoms with van der Waals surface area (Å²) in [6.45, 7) is 3.37. The lowest BCUT2D eigenvalue weighted by Gasteiger charge is -2.23. The number of amides is 1. The Bertz CT molecular complexity index is 141. The van der Waals surface area contributed by atoms with E-state index in [9.17, 15) is 4.79 Å². The largest absolute Gasteiger partial charge is 0.437 e. The monoisotopic (exact) mass is 158 g/mol. The van der Waals surface area contributed by atoms with E-state index in [2.05, 4.69) is 5.32 Å². The molecule has 5 heteroatoms. The molecule has 0 aliphatic heterocycles. The van der Waals surface area contributed by atoms with E-state index in [1.165, 1.54) is 0 Å². The van der Waals surface area contributed by atoms with E-state index >= 15 is 0 Å². The van der Waals surface area contributed by atoms with E-state index in [0.717, 1.165) is 0 Å². The SMILES string of the molecule is CNC(=O)[C@@H](C)N(C)B(C)O. The van der Waals surface area contributed by atoms with Crippen LogP contribution in [0.3, 0.4) is 0 Å². The highest BCUT2D eigenvalue weighted by Gasteiger charge is 2.22. The summed E-state index contributed by atoms with van der Waals surface area (Å²) in [7, 11) is 2.68. The average molecular weight is 158 g/mol. The van der Waals surface area contributed by atoms with E-state index < -0.39 is 7.05 Å². The Morgan fingerprint density at radius 3 is 2.45 bits per heavy atom. The van der Waals surface area contributed by atoms with Gasteiger partial charge in [0.2, 0.25) is 5.91 Å². The molecule has 4 nitrogen and oxygen atoms in total. The van der Waals surface area contributed by atoms with Crippen LogP contribution in [0.25, 0.3) is 0 Å². The number of hydrogen-bond acceptors (Lipinski definition) is 3. The summed E-state index contributed by atoms with van der Waals surface area (Å²) >= 11 is 0. The highest BCUT2D eigenvalue weighted by atomic mass is 16.2. The van der Waals surface area contributed by atoms with Crippen LogP contribution in [0, 0.1) is 0 Å². The van der Waals surface area contributed by atoms with Gasteiger partial charge in [-0.3, -0.25) is 4.79 Å². The maximum absolute atomic E-state index is 11.0. The first-order valence-electron chi connectivity index (χ1n) is 3.62. The minimum absolute atomic E-state index is 0.0894. The van der Waals surface area contributed by atoms with Crippen LogP contribution < -0.4 is 5.32 Å². The maximum atomic E-state index is 11.0. The van der Waals surface area contributed by atoms with Crippen molar-refractivity contribution < 1.29 is 9.82 Å². The number of rotatable bonds is 3. The zero-order valence-electron chi connectivity index (χ0n) is 7.46. The second-order valence-corrected chi connectivity index (χ2v) is 2.59. The summed E-state index contributed by atoms with van der Waals surface area (Å²) in [4.78, 5) is 12.6. The van der Waals surface area contributed by atoms with Gasteiger partial charge in [-0.05, 0) is 20.8 Å². The molecule has 11 heavy (non-hydrogen) atoms. The molecule has 0 rings (SSSR count). The van der Waals surface area contributed by atoms with Crippen molar-refractivity contribution in [2.75, 3.05) is 14.1 Å². The first kappa shape index (κ1) is 10.5. The molecule has 0 aliphatic carbocycles. The summed E-state index contributed by atoms with van der Waals surface area (Å²) in [5, 5.41) is 11.6. The highest BCUT2D eigenvalue weighted by Crippen LogP contribution is 1.96. The van der Waals surface area contributed by atoms with Crippen LogP contribution in [-0.2, 0) is 4.79 Å². The average Bonchev–Trinajstić information content (AvgIpc) is 2.00. The Labute approximate surface area is 67.7 Å². The molecule has 64 valence electrons. The van der Waals surface area contributed by atoms with Gasteiger partial charge in [-0.1, -0.05) is 0 Å². The quantitative estimate of drug-likeness (QED) is 0.526. The van der Waals surface area contributed by atoms with E-state index in [-0.39, 0.29) is 11.9 Å². The smallest absolute Gasteiger partial charge is 0.376 e. The Hall–Kier alpha value is -0.545. The van der Waals surface area contributed by atoms with E-state index in [1.54, 1.807) is 32.7 Å². The van der Waals surface area contributed by atoms with Crippen molar-refractivity contribution in [3.8, 4) is 0 Å². The summed E-state index contributed by atoms with van der Waals surface area (Å²) in [5.41, 5.74) is 0. The van der Waals surface area contributed by atoms with Crippen molar-refractivity contribution in [1.82, 2.24) is 10.1 Å². The van der Waals surface area contributed by atoms with Gasteiger partial charge in [0.1, 0.15) is 0 Å². The third kappa shape index (κ3) is 2.90. The molecule has 0 saturated carbocycles. The zero-order valence-corrected chi connectivity index (χ0v) is 7.46. The molecule has 0 aromatic rings. The van der Waals surface area contributed by atoms with Gasteiger partial charge in [0.25, 0.3) is 0 Å². The van der Waals surface area contributed by atoms with Crippen molar-refractivity contribution in [3.63, 3.8) is 0 Å². The minimum Gasteiger partial charge on any atom is -0.437 e. The molecular formula is C6H15BN2O2. The predicted octanol–water partition coefficient (Wildman–Crippen LogP) is -0.837. The zero-order chi connectivity index (χ0) is 9.02. The van der Waals surface area contributed by atoms with Crippen molar-refractivity contribution in [3.05, 3.63) is 0 Å². The lowest BCUT2D eigenvalue weighted by molar-refractivity contribution is -0.123. The first-order valence-corrected chi connectivity index (χ1v) is 3.62. The van der Waals surface area contributed by atoms with Gasteiger partial charge in [-0.2, -0.15) is 0 Å². The van der Waals surface area contributed by atoms with Crippen LogP contribution in [0.5, 0.6) is 0 Å². The first-order chi connectivity index (χ1) is 5.00. The van der Waals surface area contributed by atoms with Gasteiger partial charge in [0.15, 0.2) is 0 Å². The third-order valence-electron chi connectivity index (χ3n) is 1.83. The fraction of sp³-hybridized carbons (Fsp3) is 0.833. The van der Waals surface area contributed by atoms with Crippen molar-refractivity contribution in [2.24, 2.45) is 0 Å². The molecule has 0 aromatic carbocycles. The predicted molar refractivity (Wildman–Crippen MR) is 45.1 cm³/mol. The number of nitrogens with zero attached hydrogens (tertiary/aromatic N) is 1. The molecule has 0 aliphatic rings. The number of hydrogen-bond donors (Lipinski definition) is 2. The third-order valence-corrected chi connectivity index (χ3v) is 1.83. The number of carbonyl (C=O) groups is 1. The van der Waals surface area contributed by atoms with E-state index in [1.807, 2.05) is 0 Å². The molecule has 0 spiro atoms. The molecule has 1 amide bonds.